The maximum atomic E-state index is 12.4. The van der Waals surface area contributed by atoms with Gasteiger partial charge in [0.05, 0.1) is 10.5 Å². The average molecular weight is 349 g/mol. The van der Waals surface area contributed by atoms with Crippen LogP contribution >= 0.6 is 0 Å². The first kappa shape index (κ1) is 16.3. The lowest BCUT2D eigenvalue weighted by Gasteiger charge is -2.18. The van der Waals surface area contributed by atoms with E-state index in [0.29, 0.717) is 30.3 Å². The van der Waals surface area contributed by atoms with Crippen molar-refractivity contribution >= 4 is 16.0 Å². The summed E-state index contributed by atoms with van der Waals surface area (Å²) in [7, 11) is -3.72. The van der Waals surface area contributed by atoms with Crippen LogP contribution < -0.4 is 14.2 Å². The van der Waals surface area contributed by atoms with Gasteiger partial charge in [0.25, 0.3) is 0 Å². The molecule has 0 saturated heterocycles. The molecular formula is C16H15NO6S. The summed E-state index contributed by atoms with van der Waals surface area (Å²) in [6.45, 7) is 0.861. The maximum absolute atomic E-state index is 12.4. The molecule has 1 aliphatic rings. The van der Waals surface area contributed by atoms with Crippen LogP contribution in [-0.4, -0.2) is 32.7 Å². The molecule has 0 saturated carbocycles. The Morgan fingerprint density at radius 2 is 1.71 bits per heavy atom. The van der Waals surface area contributed by atoms with Gasteiger partial charge in [0.15, 0.2) is 11.5 Å². The van der Waals surface area contributed by atoms with Crippen LogP contribution in [0.25, 0.3) is 0 Å². The smallest absolute Gasteiger partial charge is 0.335 e. The molecule has 0 fully saturated rings. The number of carbonyl (C=O) groups is 1. The number of ether oxygens (including phenoxy) is 2. The molecule has 8 heteroatoms. The Labute approximate surface area is 138 Å². The lowest BCUT2D eigenvalue weighted by atomic mass is 10.1. The molecule has 0 atom stereocenters. The molecule has 0 aliphatic carbocycles. The number of hydrogen-bond donors (Lipinski definition) is 2. The van der Waals surface area contributed by atoms with E-state index in [1.165, 1.54) is 24.3 Å². The van der Waals surface area contributed by atoms with Gasteiger partial charge >= 0.3 is 5.97 Å². The summed E-state index contributed by atoms with van der Waals surface area (Å²) in [5.41, 5.74) is 0.801. The summed E-state index contributed by atoms with van der Waals surface area (Å²) in [5.74, 6) is -0.113. The molecule has 0 radical (unpaired) electrons. The first-order valence-electron chi connectivity index (χ1n) is 7.17. The Hall–Kier alpha value is -2.58. The summed E-state index contributed by atoms with van der Waals surface area (Å²) in [6.07, 6.45) is 0. The molecule has 0 spiro atoms. The van der Waals surface area contributed by atoms with Crippen LogP contribution in [0.3, 0.4) is 0 Å². The van der Waals surface area contributed by atoms with Crippen LogP contribution in [0.1, 0.15) is 15.9 Å². The zero-order valence-electron chi connectivity index (χ0n) is 12.6. The van der Waals surface area contributed by atoms with Crippen LogP contribution in [0.2, 0.25) is 0 Å². The van der Waals surface area contributed by atoms with E-state index in [1.807, 2.05) is 0 Å². The third-order valence-corrected chi connectivity index (χ3v) is 4.89. The number of rotatable bonds is 5. The Morgan fingerprint density at radius 3 is 2.38 bits per heavy atom. The van der Waals surface area contributed by atoms with Gasteiger partial charge < -0.3 is 14.6 Å². The SMILES string of the molecule is O=C(O)c1ccc(CNS(=O)(=O)c2ccc3c(c2)OCCO3)cc1. The zero-order chi connectivity index (χ0) is 17.2. The summed E-state index contributed by atoms with van der Waals surface area (Å²) >= 11 is 0. The Bertz CT molecular complexity index is 861. The van der Waals surface area contributed by atoms with E-state index in [4.69, 9.17) is 14.6 Å². The second kappa shape index (κ2) is 6.50. The average Bonchev–Trinajstić information content (AvgIpc) is 2.60. The van der Waals surface area contributed by atoms with Crippen molar-refractivity contribution < 1.29 is 27.8 Å². The minimum Gasteiger partial charge on any atom is -0.486 e. The normalized spacial score (nSPS) is 13.5. The lowest BCUT2D eigenvalue weighted by molar-refractivity contribution is 0.0697. The van der Waals surface area contributed by atoms with Gasteiger partial charge in [-0.05, 0) is 29.8 Å². The second-order valence-electron chi connectivity index (χ2n) is 5.13. The van der Waals surface area contributed by atoms with Crippen LogP contribution in [0.5, 0.6) is 11.5 Å². The topological polar surface area (TPSA) is 102 Å². The van der Waals surface area contributed by atoms with Gasteiger partial charge in [-0.25, -0.2) is 17.9 Å². The largest absolute Gasteiger partial charge is 0.486 e. The zero-order valence-corrected chi connectivity index (χ0v) is 13.4. The van der Waals surface area contributed by atoms with E-state index >= 15 is 0 Å². The minimum absolute atomic E-state index is 0.0523. The van der Waals surface area contributed by atoms with Crippen LogP contribution in [-0.2, 0) is 16.6 Å². The Balaban J connectivity index is 1.73. The van der Waals surface area contributed by atoms with Gasteiger partial charge in [0, 0.05) is 12.6 Å². The van der Waals surface area contributed by atoms with Crippen molar-refractivity contribution in [3.63, 3.8) is 0 Å². The molecule has 0 unspecified atom stereocenters. The summed E-state index contributed by atoms with van der Waals surface area (Å²) < 4.78 is 38.0. The third-order valence-electron chi connectivity index (χ3n) is 3.49. The van der Waals surface area contributed by atoms with E-state index in [0.717, 1.165) is 0 Å². The number of fused-ring (bicyclic) bond motifs is 1. The predicted molar refractivity (Wildman–Crippen MR) is 84.9 cm³/mol. The molecule has 2 aromatic rings. The molecular weight excluding hydrogens is 334 g/mol. The van der Waals surface area contributed by atoms with Gasteiger partial charge in [0.2, 0.25) is 10.0 Å². The first-order valence-corrected chi connectivity index (χ1v) is 8.65. The fourth-order valence-electron chi connectivity index (χ4n) is 2.22. The van der Waals surface area contributed by atoms with Crippen molar-refractivity contribution in [3.05, 3.63) is 53.6 Å². The van der Waals surface area contributed by atoms with Crippen LogP contribution in [0.4, 0.5) is 0 Å². The van der Waals surface area contributed by atoms with E-state index < -0.39 is 16.0 Å². The highest BCUT2D eigenvalue weighted by atomic mass is 32.2. The Morgan fingerprint density at radius 1 is 1.04 bits per heavy atom. The van der Waals surface area contributed by atoms with Crippen molar-refractivity contribution in [1.29, 1.82) is 0 Å². The highest BCUT2D eigenvalue weighted by molar-refractivity contribution is 7.89. The first-order chi connectivity index (χ1) is 11.5. The van der Waals surface area contributed by atoms with Gasteiger partial charge in [-0.3, -0.25) is 0 Å². The molecule has 0 aromatic heterocycles. The molecule has 3 rings (SSSR count). The van der Waals surface area contributed by atoms with Gasteiger partial charge in [-0.15, -0.1) is 0 Å². The quantitative estimate of drug-likeness (QED) is 0.851. The number of carboxylic acids is 1. The van der Waals surface area contributed by atoms with E-state index in [1.54, 1.807) is 18.2 Å². The number of nitrogens with one attached hydrogen (secondary N) is 1. The molecule has 2 N–H and O–H groups in total. The second-order valence-corrected chi connectivity index (χ2v) is 6.90. The minimum atomic E-state index is -3.72. The predicted octanol–water partition coefficient (Wildman–Crippen LogP) is 1.63. The fourth-order valence-corrected chi connectivity index (χ4v) is 3.25. The highest BCUT2D eigenvalue weighted by Crippen LogP contribution is 2.32. The third kappa shape index (κ3) is 3.50. The van der Waals surface area contributed by atoms with E-state index in [2.05, 4.69) is 4.72 Å². The summed E-state index contributed by atoms with van der Waals surface area (Å²) in [4.78, 5) is 10.9. The van der Waals surface area contributed by atoms with Gasteiger partial charge in [0.1, 0.15) is 13.2 Å². The lowest BCUT2D eigenvalue weighted by Crippen LogP contribution is -2.24. The highest BCUT2D eigenvalue weighted by Gasteiger charge is 2.19. The molecule has 7 nitrogen and oxygen atoms in total. The standard InChI is InChI=1S/C16H15NO6S/c18-16(19)12-3-1-11(2-4-12)10-17-24(20,21)13-5-6-14-15(9-13)23-8-7-22-14/h1-6,9,17H,7-8,10H2,(H,18,19). The van der Waals surface area contributed by atoms with E-state index in [-0.39, 0.29) is 17.0 Å². The van der Waals surface area contributed by atoms with Crippen molar-refractivity contribution in [2.75, 3.05) is 13.2 Å². The van der Waals surface area contributed by atoms with Crippen molar-refractivity contribution in [3.8, 4) is 11.5 Å². The number of aromatic carboxylic acids is 1. The molecule has 0 bridgehead atoms. The number of hydrogen-bond acceptors (Lipinski definition) is 5. The summed E-state index contributed by atoms with van der Waals surface area (Å²) in [5, 5.41) is 8.85. The molecule has 24 heavy (non-hydrogen) atoms. The van der Waals surface area contributed by atoms with Crippen LogP contribution in [0.15, 0.2) is 47.4 Å². The number of carboxylic acid groups (broad SMARTS) is 1. The Kier molecular flexibility index (Phi) is 4.41. The van der Waals surface area contributed by atoms with Crippen molar-refractivity contribution in [2.45, 2.75) is 11.4 Å². The molecule has 1 heterocycles. The molecule has 1 aliphatic heterocycles. The molecule has 126 valence electrons. The van der Waals surface area contributed by atoms with Gasteiger partial charge in [-0.2, -0.15) is 0 Å². The monoisotopic (exact) mass is 349 g/mol. The summed E-state index contributed by atoms with van der Waals surface area (Å²) in [6, 6.07) is 10.4. The van der Waals surface area contributed by atoms with Crippen LogP contribution in [0, 0.1) is 0 Å². The molecule has 2 aromatic carbocycles. The van der Waals surface area contributed by atoms with Gasteiger partial charge in [-0.1, -0.05) is 12.1 Å². The molecule has 0 amide bonds. The van der Waals surface area contributed by atoms with Crippen molar-refractivity contribution in [1.82, 2.24) is 4.72 Å². The number of benzene rings is 2. The van der Waals surface area contributed by atoms with E-state index in [9.17, 15) is 13.2 Å². The fraction of sp³-hybridized carbons (Fsp3) is 0.188. The maximum Gasteiger partial charge on any atom is 0.335 e. The number of sulfonamides is 1. The van der Waals surface area contributed by atoms with Crippen molar-refractivity contribution in [2.24, 2.45) is 0 Å².